The molecule has 0 spiro atoms. The Morgan fingerprint density at radius 1 is 1.12 bits per heavy atom. The molecule has 0 aliphatic carbocycles. The molecule has 26 heavy (non-hydrogen) atoms. The van der Waals surface area contributed by atoms with Crippen LogP contribution in [0, 0.1) is 0 Å². The lowest BCUT2D eigenvalue weighted by Crippen LogP contribution is -2.32. The van der Waals surface area contributed by atoms with Crippen LogP contribution in [0.15, 0.2) is 36.4 Å². The SMILES string of the molecule is COc1cc(NC(=O)[C@@H](C)Oc2cccc(Cl)c2)c(C(=O)[O-])cc1OC. The molecule has 0 radical (unpaired) electrons. The molecule has 0 aromatic heterocycles. The molecule has 0 fully saturated rings. The fourth-order valence-electron chi connectivity index (χ4n) is 2.18. The normalized spacial score (nSPS) is 11.4. The summed E-state index contributed by atoms with van der Waals surface area (Å²) in [5.74, 6) is -1.15. The number of ether oxygens (including phenoxy) is 3. The topological polar surface area (TPSA) is 96.9 Å². The van der Waals surface area contributed by atoms with E-state index < -0.39 is 18.0 Å². The molecule has 7 nitrogen and oxygen atoms in total. The zero-order chi connectivity index (χ0) is 19.3. The van der Waals surface area contributed by atoms with Gasteiger partial charge in [0.2, 0.25) is 0 Å². The third-order valence-corrected chi connectivity index (χ3v) is 3.71. The van der Waals surface area contributed by atoms with E-state index >= 15 is 0 Å². The van der Waals surface area contributed by atoms with Gasteiger partial charge in [-0.1, -0.05) is 17.7 Å². The van der Waals surface area contributed by atoms with Gasteiger partial charge in [-0.15, -0.1) is 0 Å². The van der Waals surface area contributed by atoms with Gasteiger partial charge < -0.3 is 29.4 Å². The first-order valence-corrected chi connectivity index (χ1v) is 7.94. The Kier molecular flexibility index (Phi) is 6.30. The molecule has 0 bridgehead atoms. The summed E-state index contributed by atoms with van der Waals surface area (Å²) < 4.78 is 15.7. The molecule has 1 N–H and O–H groups in total. The molecule has 138 valence electrons. The van der Waals surface area contributed by atoms with Crippen LogP contribution in [-0.4, -0.2) is 32.2 Å². The Morgan fingerprint density at radius 2 is 1.77 bits per heavy atom. The molecule has 0 saturated carbocycles. The van der Waals surface area contributed by atoms with E-state index in [0.29, 0.717) is 10.8 Å². The minimum absolute atomic E-state index is 0.00851. The summed E-state index contributed by atoms with van der Waals surface area (Å²) in [6.45, 7) is 1.52. The molecule has 8 heteroatoms. The predicted molar refractivity (Wildman–Crippen MR) is 94.0 cm³/mol. The van der Waals surface area contributed by atoms with Crippen LogP contribution in [-0.2, 0) is 4.79 Å². The van der Waals surface area contributed by atoms with Gasteiger partial charge in [0.25, 0.3) is 5.91 Å². The lowest BCUT2D eigenvalue weighted by Gasteiger charge is -2.19. The number of nitrogens with one attached hydrogen (secondary N) is 1. The lowest BCUT2D eigenvalue weighted by atomic mass is 10.1. The Bertz CT molecular complexity index is 823. The maximum atomic E-state index is 12.4. The molecular weight excluding hydrogens is 362 g/mol. The number of carboxylic acid groups (broad SMARTS) is 1. The van der Waals surface area contributed by atoms with Crippen molar-refractivity contribution in [2.45, 2.75) is 13.0 Å². The minimum Gasteiger partial charge on any atom is -0.545 e. The summed E-state index contributed by atoms with van der Waals surface area (Å²) in [5, 5.41) is 14.3. The maximum absolute atomic E-state index is 12.4. The van der Waals surface area contributed by atoms with Crippen LogP contribution in [0.1, 0.15) is 17.3 Å². The Morgan fingerprint density at radius 3 is 2.35 bits per heavy atom. The molecule has 2 aromatic carbocycles. The smallest absolute Gasteiger partial charge is 0.265 e. The molecule has 1 amide bonds. The van der Waals surface area contributed by atoms with Crippen molar-refractivity contribution in [2.24, 2.45) is 0 Å². The first-order chi connectivity index (χ1) is 12.3. The molecule has 0 aliphatic rings. The van der Waals surface area contributed by atoms with Gasteiger partial charge in [0.1, 0.15) is 5.75 Å². The van der Waals surface area contributed by atoms with Gasteiger partial charge in [-0.3, -0.25) is 4.79 Å². The van der Waals surface area contributed by atoms with E-state index in [1.165, 1.54) is 33.3 Å². The predicted octanol–water partition coefficient (Wildman–Crippen LogP) is 2.13. The monoisotopic (exact) mass is 378 g/mol. The van der Waals surface area contributed by atoms with E-state index in [4.69, 9.17) is 25.8 Å². The average molecular weight is 379 g/mol. The number of hydrogen-bond acceptors (Lipinski definition) is 6. The largest absolute Gasteiger partial charge is 0.545 e. The second-order valence-corrected chi connectivity index (χ2v) is 5.68. The van der Waals surface area contributed by atoms with E-state index in [9.17, 15) is 14.7 Å². The van der Waals surface area contributed by atoms with Crippen LogP contribution in [0.4, 0.5) is 5.69 Å². The number of benzene rings is 2. The fraction of sp³-hybridized carbons (Fsp3) is 0.222. The Hall–Kier alpha value is -2.93. The molecular formula is C18H17ClNO6-. The summed E-state index contributed by atoms with van der Waals surface area (Å²) >= 11 is 5.88. The van der Waals surface area contributed by atoms with E-state index in [0.717, 1.165) is 0 Å². The van der Waals surface area contributed by atoms with Crippen molar-refractivity contribution in [3.63, 3.8) is 0 Å². The van der Waals surface area contributed by atoms with Gasteiger partial charge in [0.05, 0.1) is 25.9 Å². The van der Waals surface area contributed by atoms with Crippen LogP contribution in [0.3, 0.4) is 0 Å². The highest BCUT2D eigenvalue weighted by atomic mass is 35.5. The Balaban J connectivity index is 2.22. The van der Waals surface area contributed by atoms with Crippen molar-refractivity contribution >= 4 is 29.2 Å². The van der Waals surface area contributed by atoms with Crippen LogP contribution in [0.2, 0.25) is 5.02 Å². The van der Waals surface area contributed by atoms with Crippen molar-refractivity contribution < 1.29 is 28.9 Å². The number of amides is 1. The van der Waals surface area contributed by atoms with E-state index in [1.54, 1.807) is 24.3 Å². The second-order valence-electron chi connectivity index (χ2n) is 5.25. The zero-order valence-corrected chi connectivity index (χ0v) is 15.1. The van der Waals surface area contributed by atoms with Gasteiger partial charge in [-0.2, -0.15) is 0 Å². The number of anilines is 1. The Labute approximate surface area is 155 Å². The molecule has 0 unspecified atom stereocenters. The number of carbonyl (C=O) groups is 2. The van der Waals surface area contributed by atoms with E-state index in [-0.39, 0.29) is 22.7 Å². The lowest BCUT2D eigenvalue weighted by molar-refractivity contribution is -0.254. The summed E-state index contributed by atoms with van der Waals surface area (Å²) in [6, 6.07) is 9.13. The number of halogens is 1. The summed E-state index contributed by atoms with van der Waals surface area (Å²) in [5.41, 5.74) is -0.236. The number of rotatable bonds is 7. The van der Waals surface area contributed by atoms with Gasteiger partial charge in [0.15, 0.2) is 17.6 Å². The number of methoxy groups -OCH3 is 2. The highest BCUT2D eigenvalue weighted by molar-refractivity contribution is 6.30. The fourth-order valence-corrected chi connectivity index (χ4v) is 2.36. The second kappa shape index (κ2) is 8.44. The van der Waals surface area contributed by atoms with Gasteiger partial charge in [0, 0.05) is 16.7 Å². The van der Waals surface area contributed by atoms with Gasteiger partial charge in [-0.05, 0) is 31.2 Å². The molecule has 1 atom stereocenters. The first kappa shape index (κ1) is 19.4. The number of carboxylic acids is 1. The summed E-state index contributed by atoms with van der Waals surface area (Å²) in [6.07, 6.45) is -0.906. The van der Waals surface area contributed by atoms with Crippen molar-refractivity contribution in [2.75, 3.05) is 19.5 Å². The quantitative estimate of drug-likeness (QED) is 0.792. The van der Waals surface area contributed by atoms with Gasteiger partial charge in [-0.25, -0.2) is 0 Å². The van der Waals surface area contributed by atoms with Gasteiger partial charge >= 0.3 is 0 Å². The van der Waals surface area contributed by atoms with Crippen LogP contribution in [0.25, 0.3) is 0 Å². The first-order valence-electron chi connectivity index (χ1n) is 7.56. The average Bonchev–Trinajstić information content (AvgIpc) is 2.60. The van der Waals surface area contributed by atoms with Crippen molar-refractivity contribution in [1.82, 2.24) is 0 Å². The summed E-state index contributed by atoms with van der Waals surface area (Å²) in [4.78, 5) is 23.7. The van der Waals surface area contributed by atoms with Crippen molar-refractivity contribution in [3.05, 3.63) is 47.0 Å². The molecule has 0 aliphatic heterocycles. The van der Waals surface area contributed by atoms with Crippen molar-refractivity contribution in [1.29, 1.82) is 0 Å². The van der Waals surface area contributed by atoms with Crippen LogP contribution < -0.4 is 24.6 Å². The highest BCUT2D eigenvalue weighted by Crippen LogP contribution is 2.33. The number of carbonyl (C=O) groups excluding carboxylic acids is 2. The minimum atomic E-state index is -1.47. The molecule has 0 heterocycles. The highest BCUT2D eigenvalue weighted by Gasteiger charge is 2.19. The maximum Gasteiger partial charge on any atom is 0.265 e. The third-order valence-electron chi connectivity index (χ3n) is 3.48. The van der Waals surface area contributed by atoms with Crippen molar-refractivity contribution in [3.8, 4) is 17.2 Å². The van der Waals surface area contributed by atoms with E-state index in [1.807, 2.05) is 0 Å². The van der Waals surface area contributed by atoms with Crippen LogP contribution >= 0.6 is 11.6 Å². The number of aromatic carboxylic acids is 1. The molecule has 0 saturated heterocycles. The molecule has 2 aromatic rings. The number of hydrogen-bond donors (Lipinski definition) is 1. The standard InChI is InChI=1S/C18H18ClNO6/c1-10(26-12-6-4-5-11(19)7-12)17(21)20-14-9-16(25-3)15(24-2)8-13(14)18(22)23/h4-10H,1-3H3,(H,20,21)(H,22,23)/p-1/t10-/m1/s1. The molecule has 2 rings (SSSR count). The summed E-state index contributed by atoms with van der Waals surface area (Å²) in [7, 11) is 2.77. The zero-order valence-electron chi connectivity index (χ0n) is 14.4. The van der Waals surface area contributed by atoms with E-state index in [2.05, 4.69) is 5.32 Å². The van der Waals surface area contributed by atoms with Crippen LogP contribution in [0.5, 0.6) is 17.2 Å². The third kappa shape index (κ3) is 4.58.